The van der Waals surface area contributed by atoms with Crippen molar-refractivity contribution in [2.45, 2.75) is 32.9 Å². The third kappa shape index (κ3) is 4.25. The maximum absolute atomic E-state index is 12.4. The predicted octanol–water partition coefficient (Wildman–Crippen LogP) is 2.47. The van der Waals surface area contributed by atoms with E-state index in [1.54, 1.807) is 50.2 Å². The van der Waals surface area contributed by atoms with E-state index in [0.29, 0.717) is 22.7 Å². The zero-order chi connectivity index (χ0) is 19.6. The van der Waals surface area contributed by atoms with E-state index in [1.165, 1.54) is 0 Å². The molecule has 3 amide bonds. The number of rotatable bonds is 4. The highest BCUT2D eigenvalue weighted by Gasteiger charge is 2.24. The van der Waals surface area contributed by atoms with Crippen molar-refractivity contribution in [2.75, 3.05) is 10.6 Å². The number of nitrogens with one attached hydrogen (secondary N) is 3. The van der Waals surface area contributed by atoms with Gasteiger partial charge >= 0.3 is 0 Å². The number of anilines is 2. The molecular formula is C20H21N3O4. The number of ether oxygens (including phenoxy) is 1. The van der Waals surface area contributed by atoms with E-state index >= 15 is 0 Å². The molecule has 0 aromatic heterocycles. The fourth-order valence-electron chi connectivity index (χ4n) is 2.67. The quantitative estimate of drug-likeness (QED) is 0.773. The van der Waals surface area contributed by atoms with Crippen LogP contribution in [0.4, 0.5) is 11.4 Å². The average molecular weight is 367 g/mol. The first-order valence-electron chi connectivity index (χ1n) is 8.63. The third-order valence-corrected chi connectivity index (χ3v) is 4.20. The number of hydrogen-bond acceptors (Lipinski definition) is 4. The Balaban J connectivity index is 1.64. The summed E-state index contributed by atoms with van der Waals surface area (Å²) in [6.45, 7) is 5.16. The number of fused-ring (bicyclic) bond motifs is 1. The molecule has 0 bridgehead atoms. The largest absolute Gasteiger partial charge is 0.479 e. The molecule has 0 spiro atoms. The van der Waals surface area contributed by atoms with Gasteiger partial charge in [-0.05, 0) is 51.1 Å². The standard InChI is InChI=1S/C20H21N3O4/c1-11-5-4-6-14(9-11)20(26)21-12(2)18(24)22-15-7-8-17-16(10-15)23-19(25)13(3)27-17/h4-10,12-13H,1-3H3,(H,21,26)(H,22,24)(H,23,25)/t12-,13+/m0/s1. The minimum absolute atomic E-state index is 0.246. The molecule has 0 fully saturated rings. The van der Waals surface area contributed by atoms with Crippen molar-refractivity contribution < 1.29 is 19.1 Å². The second-order valence-corrected chi connectivity index (χ2v) is 6.51. The van der Waals surface area contributed by atoms with Crippen LogP contribution in [0.1, 0.15) is 29.8 Å². The van der Waals surface area contributed by atoms with Crippen molar-refractivity contribution in [1.29, 1.82) is 0 Å². The van der Waals surface area contributed by atoms with Crippen molar-refractivity contribution in [3.63, 3.8) is 0 Å². The number of aryl methyl sites for hydroxylation is 1. The lowest BCUT2D eigenvalue weighted by Gasteiger charge is -2.24. The molecule has 0 saturated carbocycles. The van der Waals surface area contributed by atoms with Gasteiger partial charge in [0.25, 0.3) is 11.8 Å². The van der Waals surface area contributed by atoms with Crippen LogP contribution in [-0.2, 0) is 9.59 Å². The van der Waals surface area contributed by atoms with E-state index in [-0.39, 0.29) is 17.7 Å². The zero-order valence-electron chi connectivity index (χ0n) is 15.3. The minimum atomic E-state index is -0.736. The summed E-state index contributed by atoms with van der Waals surface area (Å²) < 4.78 is 5.48. The Labute approximate surface area is 157 Å². The Bertz CT molecular complexity index is 910. The predicted molar refractivity (Wildman–Crippen MR) is 102 cm³/mol. The van der Waals surface area contributed by atoms with Crippen LogP contribution in [-0.4, -0.2) is 29.9 Å². The molecule has 0 saturated heterocycles. The van der Waals surface area contributed by atoms with Crippen LogP contribution in [0.15, 0.2) is 42.5 Å². The maximum atomic E-state index is 12.4. The van der Waals surface area contributed by atoms with E-state index in [1.807, 2.05) is 13.0 Å². The van der Waals surface area contributed by atoms with E-state index in [0.717, 1.165) is 5.56 Å². The Morgan fingerprint density at radius 2 is 1.96 bits per heavy atom. The Morgan fingerprint density at radius 1 is 1.19 bits per heavy atom. The molecular weight excluding hydrogens is 346 g/mol. The highest BCUT2D eigenvalue weighted by Crippen LogP contribution is 2.32. The minimum Gasteiger partial charge on any atom is -0.479 e. The molecule has 3 N–H and O–H groups in total. The van der Waals surface area contributed by atoms with Gasteiger partial charge in [-0.1, -0.05) is 17.7 Å². The number of hydrogen-bond donors (Lipinski definition) is 3. The van der Waals surface area contributed by atoms with Crippen molar-refractivity contribution in [3.8, 4) is 5.75 Å². The number of benzene rings is 2. The summed E-state index contributed by atoms with van der Waals surface area (Å²) in [5.74, 6) is -0.389. The summed E-state index contributed by atoms with van der Waals surface area (Å²) in [5.41, 5.74) is 2.45. The highest BCUT2D eigenvalue weighted by molar-refractivity contribution is 6.02. The molecule has 140 valence electrons. The molecule has 1 aliphatic rings. The first-order chi connectivity index (χ1) is 12.8. The fraction of sp³-hybridized carbons (Fsp3) is 0.250. The smallest absolute Gasteiger partial charge is 0.265 e. The second kappa shape index (κ2) is 7.49. The SMILES string of the molecule is Cc1cccc(C(=O)N[C@@H](C)C(=O)Nc2ccc3c(c2)NC(=O)[C@@H](C)O3)c1. The van der Waals surface area contributed by atoms with Crippen molar-refractivity contribution >= 4 is 29.1 Å². The van der Waals surface area contributed by atoms with Crippen LogP contribution in [0, 0.1) is 6.92 Å². The Kier molecular flexibility index (Phi) is 5.12. The summed E-state index contributed by atoms with van der Waals surface area (Å²) in [6.07, 6.45) is -0.560. The van der Waals surface area contributed by atoms with Crippen LogP contribution in [0.5, 0.6) is 5.75 Å². The lowest BCUT2D eigenvalue weighted by molar-refractivity contribution is -0.122. The summed E-state index contributed by atoms with van der Waals surface area (Å²) in [6, 6.07) is 11.4. The molecule has 27 heavy (non-hydrogen) atoms. The first kappa shape index (κ1) is 18.4. The topological polar surface area (TPSA) is 96.5 Å². The van der Waals surface area contributed by atoms with Gasteiger partial charge in [0.05, 0.1) is 5.69 Å². The number of amides is 3. The van der Waals surface area contributed by atoms with E-state index < -0.39 is 12.1 Å². The van der Waals surface area contributed by atoms with Crippen LogP contribution in [0.2, 0.25) is 0 Å². The molecule has 2 atom stereocenters. The lowest BCUT2D eigenvalue weighted by Crippen LogP contribution is -2.41. The molecule has 2 aromatic carbocycles. The second-order valence-electron chi connectivity index (χ2n) is 6.51. The Hall–Kier alpha value is -3.35. The molecule has 7 nitrogen and oxygen atoms in total. The van der Waals surface area contributed by atoms with E-state index in [2.05, 4.69) is 16.0 Å². The number of carbonyl (C=O) groups excluding carboxylic acids is 3. The molecule has 7 heteroatoms. The van der Waals surface area contributed by atoms with Crippen LogP contribution >= 0.6 is 0 Å². The van der Waals surface area contributed by atoms with Gasteiger partial charge in [-0.2, -0.15) is 0 Å². The molecule has 0 unspecified atom stereocenters. The van der Waals surface area contributed by atoms with Gasteiger partial charge in [0, 0.05) is 11.3 Å². The lowest BCUT2D eigenvalue weighted by atomic mass is 10.1. The molecule has 2 aromatic rings. The maximum Gasteiger partial charge on any atom is 0.265 e. The normalized spacial score (nSPS) is 16.4. The first-order valence-corrected chi connectivity index (χ1v) is 8.63. The van der Waals surface area contributed by atoms with Gasteiger partial charge in [0.15, 0.2) is 6.10 Å². The molecule has 1 heterocycles. The van der Waals surface area contributed by atoms with E-state index in [9.17, 15) is 14.4 Å². The molecule has 0 aliphatic carbocycles. The van der Waals surface area contributed by atoms with Gasteiger partial charge < -0.3 is 20.7 Å². The van der Waals surface area contributed by atoms with Gasteiger partial charge in [0.1, 0.15) is 11.8 Å². The van der Waals surface area contributed by atoms with Crippen LogP contribution < -0.4 is 20.7 Å². The van der Waals surface area contributed by atoms with Crippen molar-refractivity contribution in [2.24, 2.45) is 0 Å². The van der Waals surface area contributed by atoms with Gasteiger partial charge in [0.2, 0.25) is 5.91 Å². The summed E-state index contributed by atoms with van der Waals surface area (Å²) in [5, 5.41) is 8.13. The number of carbonyl (C=O) groups is 3. The van der Waals surface area contributed by atoms with Crippen LogP contribution in [0.3, 0.4) is 0 Å². The molecule has 3 rings (SSSR count). The summed E-state index contributed by atoms with van der Waals surface area (Å²) in [4.78, 5) is 36.4. The molecule has 0 radical (unpaired) electrons. The zero-order valence-corrected chi connectivity index (χ0v) is 15.3. The molecule has 1 aliphatic heterocycles. The Morgan fingerprint density at radius 3 is 2.70 bits per heavy atom. The fourth-order valence-corrected chi connectivity index (χ4v) is 2.67. The van der Waals surface area contributed by atoms with Crippen molar-refractivity contribution in [1.82, 2.24) is 5.32 Å². The van der Waals surface area contributed by atoms with Gasteiger partial charge in [-0.3, -0.25) is 14.4 Å². The van der Waals surface area contributed by atoms with Crippen LogP contribution in [0.25, 0.3) is 0 Å². The van der Waals surface area contributed by atoms with Gasteiger partial charge in [-0.25, -0.2) is 0 Å². The summed E-state index contributed by atoms with van der Waals surface area (Å²) >= 11 is 0. The van der Waals surface area contributed by atoms with E-state index in [4.69, 9.17) is 4.74 Å². The third-order valence-electron chi connectivity index (χ3n) is 4.20. The summed E-state index contributed by atoms with van der Waals surface area (Å²) in [7, 11) is 0. The van der Waals surface area contributed by atoms with Crippen molar-refractivity contribution in [3.05, 3.63) is 53.6 Å². The highest BCUT2D eigenvalue weighted by atomic mass is 16.5. The average Bonchev–Trinajstić information content (AvgIpc) is 2.62. The van der Waals surface area contributed by atoms with Gasteiger partial charge in [-0.15, -0.1) is 0 Å². The monoisotopic (exact) mass is 367 g/mol.